The van der Waals surface area contributed by atoms with Gasteiger partial charge in [-0.1, -0.05) is 26.2 Å². The van der Waals surface area contributed by atoms with E-state index in [0.717, 1.165) is 12.3 Å². The third-order valence-corrected chi connectivity index (χ3v) is 5.22. The maximum Gasteiger partial charge on any atom is 0.0643 e. The fraction of sp³-hybridized carbons (Fsp3) is 0.812. The first kappa shape index (κ1) is 13.2. The monoisotopic (exact) mass is 261 g/mol. The highest BCUT2D eigenvalue weighted by atomic mass is 15.3. The standard InChI is InChI=1S/C16H27N3/c1-2-13-7-9-16(17,11-13)12-14-8-10-19(18-14)15-5-3-4-6-15/h8,10,13,15H,2-7,9,11-12,17H2,1H3. The first-order valence-electron chi connectivity index (χ1n) is 8.01. The van der Waals surface area contributed by atoms with E-state index < -0.39 is 0 Å². The van der Waals surface area contributed by atoms with Gasteiger partial charge in [0, 0.05) is 18.2 Å². The molecule has 106 valence electrons. The van der Waals surface area contributed by atoms with Crippen molar-refractivity contribution in [1.29, 1.82) is 0 Å². The summed E-state index contributed by atoms with van der Waals surface area (Å²) in [5.41, 5.74) is 7.78. The summed E-state index contributed by atoms with van der Waals surface area (Å²) in [7, 11) is 0. The van der Waals surface area contributed by atoms with Crippen LogP contribution < -0.4 is 5.73 Å². The average molecular weight is 261 g/mol. The molecule has 2 unspecified atom stereocenters. The van der Waals surface area contributed by atoms with Crippen LogP contribution in [0.1, 0.15) is 70.0 Å². The van der Waals surface area contributed by atoms with Crippen molar-refractivity contribution in [2.24, 2.45) is 11.7 Å². The molecule has 3 nitrogen and oxygen atoms in total. The summed E-state index contributed by atoms with van der Waals surface area (Å²) in [5.74, 6) is 0.835. The lowest BCUT2D eigenvalue weighted by molar-refractivity contribution is 0.396. The number of hydrogen-bond donors (Lipinski definition) is 1. The van der Waals surface area contributed by atoms with Gasteiger partial charge in [-0.15, -0.1) is 0 Å². The third kappa shape index (κ3) is 2.86. The molecule has 0 spiro atoms. The van der Waals surface area contributed by atoms with Crippen LogP contribution >= 0.6 is 0 Å². The van der Waals surface area contributed by atoms with E-state index in [2.05, 4.69) is 23.9 Å². The molecule has 0 bridgehead atoms. The van der Waals surface area contributed by atoms with Crippen molar-refractivity contribution in [1.82, 2.24) is 9.78 Å². The maximum atomic E-state index is 6.57. The minimum atomic E-state index is 0.00946. The number of aromatic nitrogens is 2. The first-order chi connectivity index (χ1) is 9.18. The molecule has 2 atom stereocenters. The number of rotatable bonds is 4. The lowest BCUT2D eigenvalue weighted by Gasteiger charge is -2.23. The Hall–Kier alpha value is -0.830. The van der Waals surface area contributed by atoms with E-state index in [1.54, 1.807) is 0 Å². The fourth-order valence-corrected chi connectivity index (χ4v) is 3.98. The highest BCUT2D eigenvalue weighted by Gasteiger charge is 2.35. The Morgan fingerprint density at radius 1 is 1.37 bits per heavy atom. The minimum absolute atomic E-state index is 0.00946. The van der Waals surface area contributed by atoms with Gasteiger partial charge in [-0.05, 0) is 44.1 Å². The lowest BCUT2D eigenvalue weighted by atomic mass is 9.91. The summed E-state index contributed by atoms with van der Waals surface area (Å²) in [6, 6.07) is 2.83. The average Bonchev–Trinajstić information content (AvgIpc) is 3.09. The smallest absolute Gasteiger partial charge is 0.0643 e. The Labute approximate surface area is 116 Å². The zero-order valence-corrected chi connectivity index (χ0v) is 12.1. The van der Waals surface area contributed by atoms with Crippen molar-refractivity contribution in [2.45, 2.75) is 76.3 Å². The van der Waals surface area contributed by atoms with E-state index in [-0.39, 0.29) is 5.54 Å². The van der Waals surface area contributed by atoms with Gasteiger partial charge in [0.05, 0.1) is 11.7 Å². The van der Waals surface area contributed by atoms with E-state index >= 15 is 0 Å². The number of nitrogens with zero attached hydrogens (tertiary/aromatic N) is 2. The molecule has 2 N–H and O–H groups in total. The SMILES string of the molecule is CCC1CCC(N)(Cc2ccn(C3CCCC3)n2)C1. The molecule has 3 heteroatoms. The number of nitrogens with two attached hydrogens (primary N) is 1. The second-order valence-corrected chi connectivity index (χ2v) is 6.78. The van der Waals surface area contributed by atoms with Gasteiger partial charge in [-0.25, -0.2) is 0 Å². The normalized spacial score (nSPS) is 32.2. The first-order valence-corrected chi connectivity index (χ1v) is 8.01. The van der Waals surface area contributed by atoms with Crippen molar-refractivity contribution < 1.29 is 0 Å². The van der Waals surface area contributed by atoms with Crippen molar-refractivity contribution in [3.63, 3.8) is 0 Å². The fourth-order valence-electron chi connectivity index (χ4n) is 3.98. The van der Waals surface area contributed by atoms with Gasteiger partial charge in [0.25, 0.3) is 0 Å². The molecule has 2 saturated carbocycles. The van der Waals surface area contributed by atoms with Crippen molar-refractivity contribution >= 4 is 0 Å². The summed E-state index contributed by atoms with van der Waals surface area (Å²) < 4.78 is 2.19. The van der Waals surface area contributed by atoms with E-state index in [1.807, 2.05) is 0 Å². The molecular weight excluding hydrogens is 234 g/mol. The van der Waals surface area contributed by atoms with E-state index in [1.165, 1.54) is 57.1 Å². The van der Waals surface area contributed by atoms with Crippen LogP contribution in [0.25, 0.3) is 0 Å². The van der Waals surface area contributed by atoms with Crippen LogP contribution in [-0.4, -0.2) is 15.3 Å². The van der Waals surface area contributed by atoms with Gasteiger partial charge in [0.1, 0.15) is 0 Å². The topological polar surface area (TPSA) is 43.8 Å². The molecule has 3 rings (SSSR count). The Morgan fingerprint density at radius 3 is 2.84 bits per heavy atom. The van der Waals surface area contributed by atoms with Crippen LogP contribution in [0.15, 0.2) is 12.3 Å². The minimum Gasteiger partial charge on any atom is -0.325 e. The third-order valence-electron chi connectivity index (χ3n) is 5.22. The van der Waals surface area contributed by atoms with Crippen LogP contribution in [-0.2, 0) is 6.42 Å². The Bertz CT molecular complexity index is 419. The predicted molar refractivity (Wildman–Crippen MR) is 78.0 cm³/mol. The van der Waals surface area contributed by atoms with Gasteiger partial charge in [-0.3, -0.25) is 4.68 Å². The molecule has 1 aromatic rings. The van der Waals surface area contributed by atoms with Gasteiger partial charge >= 0.3 is 0 Å². The maximum absolute atomic E-state index is 6.57. The van der Waals surface area contributed by atoms with Gasteiger partial charge in [0.15, 0.2) is 0 Å². The van der Waals surface area contributed by atoms with Crippen LogP contribution in [0.4, 0.5) is 0 Å². The van der Waals surface area contributed by atoms with Crippen LogP contribution in [0.5, 0.6) is 0 Å². The predicted octanol–water partition coefficient (Wildman–Crippen LogP) is 3.45. The van der Waals surface area contributed by atoms with Crippen molar-refractivity contribution in [3.05, 3.63) is 18.0 Å². The van der Waals surface area contributed by atoms with Crippen LogP contribution in [0, 0.1) is 5.92 Å². The van der Waals surface area contributed by atoms with E-state index in [4.69, 9.17) is 10.8 Å². The molecular formula is C16H27N3. The van der Waals surface area contributed by atoms with Crippen molar-refractivity contribution in [3.8, 4) is 0 Å². The lowest BCUT2D eigenvalue weighted by Crippen LogP contribution is -2.39. The summed E-state index contributed by atoms with van der Waals surface area (Å²) in [6.45, 7) is 2.28. The second-order valence-electron chi connectivity index (χ2n) is 6.78. The zero-order valence-electron chi connectivity index (χ0n) is 12.1. The molecule has 1 heterocycles. The molecule has 0 radical (unpaired) electrons. The van der Waals surface area contributed by atoms with Gasteiger partial charge < -0.3 is 5.73 Å². The Kier molecular flexibility index (Phi) is 3.66. The molecule has 2 aliphatic carbocycles. The van der Waals surface area contributed by atoms with Crippen LogP contribution in [0.3, 0.4) is 0 Å². The molecule has 0 saturated heterocycles. The molecule has 1 aromatic heterocycles. The van der Waals surface area contributed by atoms with E-state index in [0.29, 0.717) is 6.04 Å². The summed E-state index contributed by atoms with van der Waals surface area (Å²) in [5, 5.41) is 4.79. The molecule has 2 fully saturated rings. The molecule has 19 heavy (non-hydrogen) atoms. The van der Waals surface area contributed by atoms with E-state index in [9.17, 15) is 0 Å². The van der Waals surface area contributed by atoms with Crippen LogP contribution in [0.2, 0.25) is 0 Å². The highest BCUT2D eigenvalue weighted by molar-refractivity contribution is 5.08. The summed E-state index contributed by atoms with van der Waals surface area (Å²) >= 11 is 0. The molecule has 0 amide bonds. The number of hydrogen-bond acceptors (Lipinski definition) is 2. The Balaban J connectivity index is 1.63. The second kappa shape index (κ2) is 5.28. The highest BCUT2D eigenvalue weighted by Crippen LogP contribution is 2.36. The molecule has 0 aliphatic heterocycles. The largest absolute Gasteiger partial charge is 0.325 e. The Morgan fingerprint density at radius 2 is 2.16 bits per heavy atom. The molecule has 0 aromatic carbocycles. The van der Waals surface area contributed by atoms with Crippen molar-refractivity contribution in [2.75, 3.05) is 0 Å². The quantitative estimate of drug-likeness (QED) is 0.902. The zero-order chi connectivity index (χ0) is 13.3. The van der Waals surface area contributed by atoms with Gasteiger partial charge in [0.2, 0.25) is 0 Å². The molecule has 2 aliphatic rings. The summed E-state index contributed by atoms with van der Waals surface area (Å²) in [4.78, 5) is 0. The van der Waals surface area contributed by atoms with Gasteiger partial charge in [-0.2, -0.15) is 5.10 Å². The summed E-state index contributed by atoms with van der Waals surface area (Å²) in [6.07, 6.45) is 13.4.